The molecule has 3 atom stereocenters. The van der Waals surface area contributed by atoms with Gasteiger partial charge in [0.25, 0.3) is 5.91 Å². The van der Waals surface area contributed by atoms with E-state index in [-0.39, 0.29) is 49.8 Å². The van der Waals surface area contributed by atoms with E-state index in [2.05, 4.69) is 11.8 Å². The van der Waals surface area contributed by atoms with Crippen molar-refractivity contribution in [3.63, 3.8) is 0 Å². The average Bonchev–Trinajstić information content (AvgIpc) is 3.27. The van der Waals surface area contributed by atoms with E-state index in [1.54, 1.807) is 28.0 Å². The fourth-order valence-corrected chi connectivity index (χ4v) is 4.88. The molecule has 0 bridgehead atoms. The molecule has 0 spiro atoms. The molecule has 3 aliphatic heterocycles. The van der Waals surface area contributed by atoms with Gasteiger partial charge in [-0.25, -0.2) is 0 Å². The molecule has 33 heavy (non-hydrogen) atoms. The first-order valence-electron chi connectivity index (χ1n) is 11.2. The molecule has 7 nitrogen and oxygen atoms in total. The van der Waals surface area contributed by atoms with Crippen molar-refractivity contribution in [1.29, 1.82) is 0 Å². The summed E-state index contributed by atoms with van der Waals surface area (Å²) < 4.78 is 10.7. The zero-order valence-corrected chi connectivity index (χ0v) is 18.7. The molecule has 7 heteroatoms. The minimum absolute atomic E-state index is 0.00325. The number of aliphatic hydroxyl groups excluding tert-OH is 1. The highest BCUT2D eigenvalue weighted by Crippen LogP contribution is 2.43. The Morgan fingerprint density at radius 1 is 1.15 bits per heavy atom. The van der Waals surface area contributed by atoms with Gasteiger partial charge in [-0.15, -0.1) is 0 Å². The zero-order valence-electron chi connectivity index (χ0n) is 18.7. The first-order chi connectivity index (χ1) is 16.0. The number of piperazine rings is 1. The van der Waals surface area contributed by atoms with E-state index in [9.17, 15) is 14.7 Å². The lowest BCUT2D eigenvalue weighted by molar-refractivity contribution is -0.159. The van der Waals surface area contributed by atoms with Crippen LogP contribution in [0.2, 0.25) is 0 Å². The summed E-state index contributed by atoms with van der Waals surface area (Å²) in [7, 11) is 0. The molecule has 0 aromatic heterocycles. The number of benzene rings is 2. The molecule has 3 heterocycles. The van der Waals surface area contributed by atoms with E-state index in [0.717, 1.165) is 11.1 Å². The normalized spacial score (nSPS) is 23.0. The van der Waals surface area contributed by atoms with Crippen molar-refractivity contribution in [2.45, 2.75) is 31.8 Å². The van der Waals surface area contributed by atoms with Gasteiger partial charge in [-0.05, 0) is 35.9 Å². The maximum absolute atomic E-state index is 13.2. The first-order valence-corrected chi connectivity index (χ1v) is 11.2. The summed E-state index contributed by atoms with van der Waals surface area (Å²) in [5.74, 6) is 7.35. The molecular formula is C26H26N2O5. The van der Waals surface area contributed by atoms with Crippen LogP contribution in [0.4, 0.5) is 0 Å². The van der Waals surface area contributed by atoms with E-state index in [1.807, 2.05) is 38.1 Å². The number of hydrogen-bond acceptors (Lipinski definition) is 5. The highest BCUT2D eigenvalue weighted by atomic mass is 16.7. The van der Waals surface area contributed by atoms with Gasteiger partial charge in [0.1, 0.15) is 6.54 Å². The van der Waals surface area contributed by atoms with Crippen LogP contribution in [0.3, 0.4) is 0 Å². The summed E-state index contributed by atoms with van der Waals surface area (Å²) >= 11 is 0. The third kappa shape index (κ3) is 3.81. The van der Waals surface area contributed by atoms with Crippen LogP contribution in [0.1, 0.15) is 41.3 Å². The smallest absolute Gasteiger partial charge is 0.254 e. The van der Waals surface area contributed by atoms with Gasteiger partial charge in [-0.3, -0.25) is 9.59 Å². The molecule has 5 rings (SSSR count). The molecule has 0 aliphatic carbocycles. The van der Waals surface area contributed by atoms with Crippen molar-refractivity contribution in [2.75, 3.05) is 26.5 Å². The molecule has 0 radical (unpaired) electrons. The largest absolute Gasteiger partial charge is 0.454 e. The summed E-state index contributed by atoms with van der Waals surface area (Å²) in [4.78, 5) is 29.4. The highest BCUT2D eigenvalue weighted by Gasteiger charge is 2.54. The number of nitrogens with zero attached hydrogens (tertiary/aromatic N) is 2. The number of carbonyl (C=O) groups is 2. The molecule has 0 saturated carbocycles. The maximum Gasteiger partial charge on any atom is 0.254 e. The van der Waals surface area contributed by atoms with Gasteiger partial charge in [-0.2, -0.15) is 0 Å². The van der Waals surface area contributed by atoms with Crippen LogP contribution in [0.15, 0.2) is 42.5 Å². The molecule has 170 valence electrons. The summed E-state index contributed by atoms with van der Waals surface area (Å²) in [6, 6.07) is 12.6. The van der Waals surface area contributed by atoms with Crippen LogP contribution in [-0.2, 0) is 4.79 Å². The lowest BCUT2D eigenvalue weighted by Gasteiger charge is -2.58. The number of rotatable bonds is 3. The van der Waals surface area contributed by atoms with Crippen LogP contribution < -0.4 is 9.47 Å². The fraction of sp³-hybridized carbons (Fsp3) is 0.385. The average molecular weight is 447 g/mol. The molecule has 2 aromatic carbocycles. The Hall–Kier alpha value is -3.50. The number of fused-ring (bicyclic) bond motifs is 2. The van der Waals surface area contributed by atoms with Crippen molar-refractivity contribution in [3.05, 3.63) is 59.2 Å². The second kappa shape index (κ2) is 8.45. The Kier molecular flexibility index (Phi) is 5.47. The Balaban J connectivity index is 1.36. The van der Waals surface area contributed by atoms with Gasteiger partial charge in [0.15, 0.2) is 11.5 Å². The van der Waals surface area contributed by atoms with Gasteiger partial charge in [-0.1, -0.05) is 37.8 Å². The van der Waals surface area contributed by atoms with Crippen LogP contribution >= 0.6 is 0 Å². The van der Waals surface area contributed by atoms with Crippen LogP contribution in [0.5, 0.6) is 11.5 Å². The highest BCUT2D eigenvalue weighted by molar-refractivity contribution is 5.98. The monoisotopic (exact) mass is 446 g/mol. The zero-order chi connectivity index (χ0) is 23.1. The maximum atomic E-state index is 13.2. The topological polar surface area (TPSA) is 79.3 Å². The van der Waals surface area contributed by atoms with Crippen LogP contribution in [0, 0.1) is 17.8 Å². The summed E-state index contributed by atoms with van der Waals surface area (Å²) in [5, 5.41) is 9.99. The standard InChI is InChI=1S/C26H26N2O5/c1-16(2)3-4-17-5-7-18(8-6-17)25-20-12-27(13-24(30)28(20)21(25)14-29)26(31)19-9-10-22-23(11-19)33-15-32-22/h5-11,16,20-21,25,29H,12-15H2,1-2H3/t20-,21-,25-/m0/s1. The van der Waals surface area contributed by atoms with Gasteiger partial charge < -0.3 is 24.4 Å². The molecule has 1 N–H and O–H groups in total. The molecule has 2 amide bonds. The van der Waals surface area contributed by atoms with E-state index in [1.165, 1.54) is 0 Å². The molecule has 2 aromatic rings. The number of aliphatic hydroxyl groups is 1. The van der Waals surface area contributed by atoms with Gasteiger partial charge in [0, 0.05) is 29.5 Å². The van der Waals surface area contributed by atoms with Gasteiger partial charge in [0.2, 0.25) is 12.7 Å². The van der Waals surface area contributed by atoms with Gasteiger partial charge >= 0.3 is 0 Å². The molecule has 0 unspecified atom stereocenters. The third-order valence-electron chi connectivity index (χ3n) is 6.46. The molecular weight excluding hydrogens is 420 g/mol. The lowest BCUT2D eigenvalue weighted by Crippen LogP contribution is -2.73. The first kappa shape index (κ1) is 21.4. The molecule has 3 aliphatic rings. The number of amides is 2. The minimum Gasteiger partial charge on any atom is -0.454 e. The van der Waals surface area contributed by atoms with Crippen LogP contribution in [-0.4, -0.2) is 65.3 Å². The van der Waals surface area contributed by atoms with Crippen LogP contribution in [0.25, 0.3) is 0 Å². The van der Waals surface area contributed by atoms with Crippen molar-refractivity contribution < 1.29 is 24.2 Å². The summed E-state index contributed by atoms with van der Waals surface area (Å²) in [6.45, 7) is 4.53. The van der Waals surface area contributed by atoms with E-state index < -0.39 is 0 Å². The Morgan fingerprint density at radius 2 is 1.91 bits per heavy atom. The minimum atomic E-state index is -0.280. The predicted octanol–water partition coefficient (Wildman–Crippen LogP) is 2.23. The van der Waals surface area contributed by atoms with Gasteiger partial charge in [0.05, 0.1) is 18.7 Å². The second-order valence-electron chi connectivity index (χ2n) is 8.94. The SMILES string of the molecule is CC(C)C#Cc1ccc([C@@H]2[C@H](CO)N3C(=O)CN(C(=O)c4ccc5c(c4)OCO5)C[C@@H]23)cc1. The molecule has 2 saturated heterocycles. The van der Waals surface area contributed by atoms with Crippen molar-refractivity contribution in [3.8, 4) is 23.3 Å². The Morgan fingerprint density at radius 3 is 2.64 bits per heavy atom. The van der Waals surface area contributed by atoms with E-state index >= 15 is 0 Å². The Bertz CT molecular complexity index is 1150. The fourth-order valence-electron chi connectivity index (χ4n) is 4.88. The van der Waals surface area contributed by atoms with Crippen molar-refractivity contribution in [2.24, 2.45) is 5.92 Å². The predicted molar refractivity (Wildman–Crippen MR) is 121 cm³/mol. The quantitative estimate of drug-likeness (QED) is 0.732. The Labute approximate surface area is 192 Å². The number of carbonyl (C=O) groups excluding carboxylic acids is 2. The summed E-state index contributed by atoms with van der Waals surface area (Å²) in [6.07, 6.45) is 0. The third-order valence-corrected chi connectivity index (χ3v) is 6.46. The van der Waals surface area contributed by atoms with Crippen molar-refractivity contribution >= 4 is 11.8 Å². The number of ether oxygens (including phenoxy) is 2. The summed E-state index contributed by atoms with van der Waals surface area (Å²) in [5.41, 5.74) is 2.43. The van der Waals surface area contributed by atoms with Crippen molar-refractivity contribution in [1.82, 2.24) is 9.80 Å². The van der Waals surface area contributed by atoms with E-state index in [4.69, 9.17) is 9.47 Å². The number of hydrogen-bond donors (Lipinski definition) is 1. The lowest BCUT2D eigenvalue weighted by atomic mass is 9.73. The van der Waals surface area contributed by atoms with E-state index in [0.29, 0.717) is 29.5 Å². The second-order valence-corrected chi connectivity index (χ2v) is 8.94. The molecule has 2 fully saturated rings.